The van der Waals surface area contributed by atoms with E-state index in [1.807, 2.05) is 32.0 Å². The number of benzene rings is 1. The van der Waals surface area contributed by atoms with Crippen molar-refractivity contribution in [3.8, 4) is 0 Å². The first-order valence-corrected chi connectivity index (χ1v) is 7.46. The van der Waals surface area contributed by atoms with Crippen molar-refractivity contribution in [1.82, 2.24) is 3.56 Å². The van der Waals surface area contributed by atoms with Crippen LogP contribution in [0, 0.1) is 5.92 Å². The van der Waals surface area contributed by atoms with Gasteiger partial charge in [0, 0.05) is 0 Å². The Morgan fingerprint density at radius 3 is 2.61 bits per heavy atom. The molecular formula is C13H15NO3Se. The van der Waals surface area contributed by atoms with Crippen LogP contribution in [0.4, 0.5) is 0 Å². The summed E-state index contributed by atoms with van der Waals surface area (Å²) in [5, 5.41) is 9.96. The van der Waals surface area contributed by atoms with E-state index in [2.05, 4.69) is 0 Å². The Morgan fingerprint density at radius 2 is 2.06 bits per heavy atom. The van der Waals surface area contributed by atoms with Gasteiger partial charge in [-0.3, -0.25) is 0 Å². The summed E-state index contributed by atoms with van der Waals surface area (Å²) in [6.45, 7) is 3.94. The van der Waals surface area contributed by atoms with E-state index in [1.165, 1.54) is 3.56 Å². The molecule has 0 spiro atoms. The number of nitrogens with zero attached hydrogens (tertiary/aromatic N) is 1. The Hall–Kier alpha value is -1.32. The van der Waals surface area contributed by atoms with Crippen LogP contribution in [0.2, 0.25) is 0 Å². The second-order valence-corrected chi connectivity index (χ2v) is 6.83. The first-order valence-electron chi connectivity index (χ1n) is 5.84. The fraction of sp³-hybridized carbons (Fsp3) is 0.385. The van der Waals surface area contributed by atoms with Gasteiger partial charge in [0.25, 0.3) is 0 Å². The molecule has 2 rings (SSSR count). The second kappa shape index (κ2) is 5.12. The Kier molecular flexibility index (Phi) is 3.73. The van der Waals surface area contributed by atoms with Gasteiger partial charge in [0.15, 0.2) is 0 Å². The molecule has 0 radical (unpaired) electrons. The standard InChI is InChI=1S/C13H15NO3Se/c1-8(2)7-10(13(16)17)14-12(15)9-5-3-4-6-11(9)18-14/h3-6,8,10H,7H2,1-2H3,(H,16,17). The molecule has 4 nitrogen and oxygen atoms in total. The van der Waals surface area contributed by atoms with Gasteiger partial charge in [-0.05, 0) is 0 Å². The number of rotatable bonds is 4. The number of aromatic nitrogens is 1. The average Bonchev–Trinajstić information content (AvgIpc) is 2.64. The summed E-state index contributed by atoms with van der Waals surface area (Å²) in [6, 6.07) is 6.67. The molecule has 1 N–H and O–H groups in total. The van der Waals surface area contributed by atoms with Gasteiger partial charge < -0.3 is 0 Å². The molecule has 0 fully saturated rings. The molecule has 1 aromatic carbocycles. The van der Waals surface area contributed by atoms with E-state index in [4.69, 9.17) is 0 Å². The van der Waals surface area contributed by atoms with Crippen LogP contribution >= 0.6 is 0 Å². The summed E-state index contributed by atoms with van der Waals surface area (Å²) in [5.74, 6) is -0.662. The van der Waals surface area contributed by atoms with Crippen LogP contribution in [0.5, 0.6) is 0 Å². The van der Waals surface area contributed by atoms with E-state index in [0.717, 1.165) is 4.26 Å². The number of carbonyl (C=O) groups is 1. The van der Waals surface area contributed by atoms with Crippen LogP contribution in [-0.4, -0.2) is 29.4 Å². The van der Waals surface area contributed by atoms with Crippen molar-refractivity contribution in [2.75, 3.05) is 0 Å². The number of hydrogen-bond acceptors (Lipinski definition) is 2. The van der Waals surface area contributed by atoms with Gasteiger partial charge in [0.1, 0.15) is 0 Å². The quantitative estimate of drug-likeness (QED) is 0.875. The average molecular weight is 312 g/mol. The molecule has 2 aromatic rings. The molecule has 0 aliphatic heterocycles. The molecule has 1 heterocycles. The normalized spacial score (nSPS) is 13.1. The summed E-state index contributed by atoms with van der Waals surface area (Å²) in [7, 11) is 0. The number of hydrogen-bond donors (Lipinski definition) is 1. The van der Waals surface area contributed by atoms with Gasteiger partial charge in [-0.15, -0.1) is 0 Å². The Labute approximate surface area is 111 Å². The summed E-state index contributed by atoms with van der Waals surface area (Å²) in [4.78, 5) is 23.5. The first-order chi connectivity index (χ1) is 8.50. The number of aliphatic carboxylic acids is 1. The van der Waals surface area contributed by atoms with Crippen LogP contribution in [0.25, 0.3) is 9.65 Å². The van der Waals surface area contributed by atoms with Gasteiger partial charge in [0.05, 0.1) is 0 Å². The minimum absolute atomic E-state index is 0.140. The zero-order valence-corrected chi connectivity index (χ0v) is 12.0. The fourth-order valence-electron chi connectivity index (χ4n) is 1.94. The van der Waals surface area contributed by atoms with Gasteiger partial charge in [-0.1, -0.05) is 0 Å². The van der Waals surface area contributed by atoms with Gasteiger partial charge >= 0.3 is 111 Å². The predicted molar refractivity (Wildman–Crippen MR) is 71.3 cm³/mol. The van der Waals surface area contributed by atoms with E-state index in [1.54, 1.807) is 6.07 Å². The summed E-state index contributed by atoms with van der Waals surface area (Å²) < 4.78 is 2.50. The Bertz CT molecular complexity index is 626. The minimum atomic E-state index is -0.910. The van der Waals surface area contributed by atoms with Crippen LogP contribution in [0.1, 0.15) is 26.3 Å². The van der Waals surface area contributed by atoms with Crippen molar-refractivity contribution in [2.24, 2.45) is 5.92 Å². The molecule has 5 heteroatoms. The topological polar surface area (TPSA) is 59.3 Å². The van der Waals surface area contributed by atoms with Crippen LogP contribution in [0.3, 0.4) is 0 Å². The van der Waals surface area contributed by atoms with E-state index in [9.17, 15) is 14.7 Å². The van der Waals surface area contributed by atoms with E-state index >= 15 is 0 Å². The maximum absolute atomic E-state index is 12.2. The third-order valence-corrected chi connectivity index (χ3v) is 5.23. The molecule has 1 aromatic heterocycles. The molecule has 0 bridgehead atoms. The van der Waals surface area contributed by atoms with Crippen molar-refractivity contribution < 1.29 is 9.90 Å². The number of carboxylic acids is 1. The number of carboxylic acid groups (broad SMARTS) is 1. The van der Waals surface area contributed by atoms with Crippen molar-refractivity contribution in [3.05, 3.63) is 34.6 Å². The molecule has 0 amide bonds. The van der Waals surface area contributed by atoms with Crippen molar-refractivity contribution in [3.63, 3.8) is 0 Å². The van der Waals surface area contributed by atoms with Crippen LogP contribution in [-0.2, 0) is 4.79 Å². The number of fused-ring (bicyclic) bond motifs is 1. The molecule has 1 atom stereocenters. The third-order valence-electron chi connectivity index (χ3n) is 2.78. The summed E-state index contributed by atoms with van der Waals surface area (Å²) in [6.07, 6.45) is 0.497. The molecular weight excluding hydrogens is 297 g/mol. The monoisotopic (exact) mass is 313 g/mol. The van der Waals surface area contributed by atoms with Crippen LogP contribution < -0.4 is 5.56 Å². The molecule has 0 aliphatic carbocycles. The van der Waals surface area contributed by atoms with Gasteiger partial charge in [0.2, 0.25) is 0 Å². The Balaban J connectivity index is 2.54. The van der Waals surface area contributed by atoms with Crippen molar-refractivity contribution >= 4 is 30.3 Å². The Morgan fingerprint density at radius 1 is 1.39 bits per heavy atom. The molecule has 0 saturated heterocycles. The fourth-order valence-corrected chi connectivity index (χ4v) is 4.22. The third kappa shape index (κ3) is 2.42. The summed E-state index contributed by atoms with van der Waals surface area (Å²) in [5.41, 5.74) is -0.140. The molecule has 0 saturated carbocycles. The first kappa shape index (κ1) is 13.1. The predicted octanol–water partition coefficient (Wildman–Crippen LogP) is 1.73. The molecule has 1 unspecified atom stereocenters. The van der Waals surface area contributed by atoms with Crippen molar-refractivity contribution in [2.45, 2.75) is 26.3 Å². The molecule has 0 aliphatic rings. The van der Waals surface area contributed by atoms with E-state index < -0.39 is 12.0 Å². The second-order valence-electron chi connectivity index (χ2n) is 4.70. The molecule has 96 valence electrons. The van der Waals surface area contributed by atoms with Gasteiger partial charge in [-0.2, -0.15) is 0 Å². The molecule has 18 heavy (non-hydrogen) atoms. The SMILES string of the molecule is CC(C)CC(C(=O)O)n1[se]c2ccccc2c1=O. The van der Waals surface area contributed by atoms with Gasteiger partial charge in [-0.25, -0.2) is 0 Å². The van der Waals surface area contributed by atoms with E-state index in [0.29, 0.717) is 11.8 Å². The zero-order valence-electron chi connectivity index (χ0n) is 10.3. The summed E-state index contributed by atoms with van der Waals surface area (Å²) >= 11 is -0.217. The van der Waals surface area contributed by atoms with Crippen LogP contribution in [0.15, 0.2) is 29.1 Å². The van der Waals surface area contributed by atoms with Crippen molar-refractivity contribution in [1.29, 1.82) is 0 Å². The maximum atomic E-state index is 12.2. The zero-order chi connectivity index (χ0) is 13.3. The van der Waals surface area contributed by atoms with E-state index in [-0.39, 0.29) is 26.2 Å².